The number of carbonyl (C=O) groups is 3. The molecular weight excluding hydrogens is 334 g/mol. The summed E-state index contributed by atoms with van der Waals surface area (Å²) in [5.41, 5.74) is 3.16. The Labute approximate surface area is 141 Å². The van der Waals surface area contributed by atoms with Crippen molar-refractivity contribution in [2.24, 2.45) is 5.10 Å². The van der Waals surface area contributed by atoms with Crippen LogP contribution in [0, 0.1) is 0 Å². The number of aromatic carboxylic acids is 1. The number of rotatable bonds is 4. The zero-order valence-corrected chi connectivity index (χ0v) is 12.9. The van der Waals surface area contributed by atoms with Gasteiger partial charge in [0.1, 0.15) is 0 Å². The highest BCUT2D eigenvalue weighted by molar-refractivity contribution is 6.39. The molecule has 0 saturated carbocycles. The highest BCUT2D eigenvalue weighted by Crippen LogP contribution is 2.14. The molecule has 2 aromatic rings. The Hall–Kier alpha value is -3.19. The second-order valence-corrected chi connectivity index (χ2v) is 5.03. The van der Waals surface area contributed by atoms with Gasteiger partial charge in [0, 0.05) is 10.7 Å². The Morgan fingerprint density at radius 1 is 1.04 bits per heavy atom. The van der Waals surface area contributed by atoms with Gasteiger partial charge in [-0.2, -0.15) is 5.10 Å². The van der Waals surface area contributed by atoms with Crippen LogP contribution in [0.2, 0.25) is 5.02 Å². The largest absolute Gasteiger partial charge is 0.478 e. The summed E-state index contributed by atoms with van der Waals surface area (Å²) in [7, 11) is 0. The van der Waals surface area contributed by atoms with E-state index in [1.807, 2.05) is 0 Å². The van der Waals surface area contributed by atoms with E-state index in [0.29, 0.717) is 16.3 Å². The molecule has 0 aliphatic carbocycles. The number of nitrogens with one attached hydrogen (secondary N) is 2. The van der Waals surface area contributed by atoms with Gasteiger partial charge in [0.2, 0.25) is 0 Å². The lowest BCUT2D eigenvalue weighted by atomic mass is 10.1. The van der Waals surface area contributed by atoms with Crippen LogP contribution in [0.25, 0.3) is 0 Å². The Balaban J connectivity index is 1.89. The minimum atomic E-state index is -1.04. The van der Waals surface area contributed by atoms with Crippen molar-refractivity contribution in [1.82, 2.24) is 5.43 Å². The number of nitrogens with zero attached hydrogens (tertiary/aromatic N) is 1. The molecule has 0 unspecified atom stereocenters. The number of carboxylic acid groups (broad SMARTS) is 1. The van der Waals surface area contributed by atoms with E-state index in [2.05, 4.69) is 15.8 Å². The molecule has 0 atom stereocenters. The van der Waals surface area contributed by atoms with Crippen molar-refractivity contribution < 1.29 is 19.5 Å². The first kappa shape index (κ1) is 17.2. The zero-order chi connectivity index (χ0) is 17.5. The summed E-state index contributed by atoms with van der Waals surface area (Å²) in [6.45, 7) is 0. The SMILES string of the molecule is O=C(NN=Cc1ccc(C(=O)O)cc1)C(=O)Nc1cccc(Cl)c1. The maximum atomic E-state index is 11.7. The molecule has 8 heteroatoms. The van der Waals surface area contributed by atoms with E-state index < -0.39 is 17.8 Å². The first-order valence-corrected chi connectivity index (χ1v) is 7.07. The molecule has 0 fully saturated rings. The maximum Gasteiger partial charge on any atom is 0.335 e. The number of amides is 2. The Morgan fingerprint density at radius 3 is 2.38 bits per heavy atom. The molecule has 0 spiro atoms. The Morgan fingerprint density at radius 2 is 1.75 bits per heavy atom. The maximum absolute atomic E-state index is 11.7. The molecule has 0 heterocycles. The molecule has 0 aliphatic rings. The number of hydrazone groups is 1. The van der Waals surface area contributed by atoms with Gasteiger partial charge in [-0.05, 0) is 35.9 Å². The molecule has 2 amide bonds. The van der Waals surface area contributed by atoms with Crippen LogP contribution >= 0.6 is 11.6 Å². The van der Waals surface area contributed by atoms with Crippen molar-refractivity contribution in [1.29, 1.82) is 0 Å². The van der Waals surface area contributed by atoms with Crippen LogP contribution in [-0.4, -0.2) is 29.1 Å². The minimum Gasteiger partial charge on any atom is -0.478 e. The molecule has 0 radical (unpaired) electrons. The number of benzene rings is 2. The summed E-state index contributed by atoms with van der Waals surface area (Å²) in [5, 5.41) is 15.2. The van der Waals surface area contributed by atoms with Crippen molar-refractivity contribution in [3.8, 4) is 0 Å². The van der Waals surface area contributed by atoms with Gasteiger partial charge in [-0.25, -0.2) is 10.2 Å². The van der Waals surface area contributed by atoms with Crippen molar-refractivity contribution in [3.05, 3.63) is 64.7 Å². The standard InChI is InChI=1S/C16H12ClN3O4/c17-12-2-1-3-13(8-12)19-14(21)15(22)20-18-9-10-4-6-11(7-5-10)16(23)24/h1-9H,(H,19,21)(H,20,22)(H,23,24). The van der Waals surface area contributed by atoms with Crippen molar-refractivity contribution in [3.63, 3.8) is 0 Å². The number of anilines is 1. The van der Waals surface area contributed by atoms with Gasteiger partial charge in [0.05, 0.1) is 11.8 Å². The van der Waals surface area contributed by atoms with Crippen LogP contribution in [0.5, 0.6) is 0 Å². The van der Waals surface area contributed by atoms with Gasteiger partial charge < -0.3 is 10.4 Å². The smallest absolute Gasteiger partial charge is 0.335 e. The number of hydrogen-bond donors (Lipinski definition) is 3. The fourth-order valence-electron chi connectivity index (χ4n) is 1.68. The monoisotopic (exact) mass is 345 g/mol. The molecule has 3 N–H and O–H groups in total. The first-order chi connectivity index (χ1) is 11.5. The molecule has 0 saturated heterocycles. The Bertz CT molecular complexity index is 803. The average Bonchev–Trinajstić information content (AvgIpc) is 2.55. The second kappa shape index (κ2) is 7.89. The van der Waals surface area contributed by atoms with E-state index in [1.54, 1.807) is 18.2 Å². The first-order valence-electron chi connectivity index (χ1n) is 6.69. The lowest BCUT2D eigenvalue weighted by Crippen LogP contribution is -2.32. The molecule has 24 heavy (non-hydrogen) atoms. The van der Waals surface area contributed by atoms with Gasteiger partial charge in [-0.1, -0.05) is 29.8 Å². The van der Waals surface area contributed by atoms with E-state index in [0.717, 1.165) is 0 Å². The van der Waals surface area contributed by atoms with Crippen LogP contribution in [-0.2, 0) is 9.59 Å². The fraction of sp³-hybridized carbons (Fsp3) is 0. The lowest BCUT2D eigenvalue weighted by molar-refractivity contribution is -0.136. The molecule has 2 rings (SSSR count). The summed E-state index contributed by atoms with van der Waals surface area (Å²) >= 11 is 5.78. The predicted molar refractivity (Wildman–Crippen MR) is 89.2 cm³/mol. The van der Waals surface area contributed by atoms with E-state index in [4.69, 9.17) is 16.7 Å². The topological polar surface area (TPSA) is 108 Å². The zero-order valence-electron chi connectivity index (χ0n) is 12.2. The van der Waals surface area contributed by atoms with Crippen molar-refractivity contribution in [2.45, 2.75) is 0 Å². The van der Waals surface area contributed by atoms with Crippen LogP contribution in [0.4, 0.5) is 5.69 Å². The molecule has 0 aromatic heterocycles. The fourth-order valence-corrected chi connectivity index (χ4v) is 1.87. The van der Waals surface area contributed by atoms with Gasteiger partial charge in [-0.3, -0.25) is 9.59 Å². The highest BCUT2D eigenvalue weighted by atomic mass is 35.5. The Kier molecular flexibility index (Phi) is 5.64. The summed E-state index contributed by atoms with van der Waals surface area (Å²) in [4.78, 5) is 34.0. The van der Waals surface area contributed by atoms with Gasteiger partial charge >= 0.3 is 17.8 Å². The summed E-state index contributed by atoms with van der Waals surface area (Å²) in [5.74, 6) is -2.88. The van der Waals surface area contributed by atoms with Gasteiger partial charge in [0.15, 0.2) is 0 Å². The average molecular weight is 346 g/mol. The van der Waals surface area contributed by atoms with E-state index in [1.165, 1.54) is 36.5 Å². The highest BCUT2D eigenvalue weighted by Gasteiger charge is 2.12. The molecule has 122 valence electrons. The number of carboxylic acids is 1. The van der Waals surface area contributed by atoms with Crippen LogP contribution in [0.1, 0.15) is 15.9 Å². The van der Waals surface area contributed by atoms with Crippen LogP contribution in [0.15, 0.2) is 53.6 Å². The summed E-state index contributed by atoms with van der Waals surface area (Å²) < 4.78 is 0. The number of halogens is 1. The summed E-state index contributed by atoms with van der Waals surface area (Å²) in [6.07, 6.45) is 1.29. The van der Waals surface area contributed by atoms with Gasteiger partial charge in [-0.15, -0.1) is 0 Å². The summed E-state index contributed by atoms with van der Waals surface area (Å²) in [6, 6.07) is 12.2. The van der Waals surface area contributed by atoms with Crippen molar-refractivity contribution in [2.75, 3.05) is 5.32 Å². The van der Waals surface area contributed by atoms with E-state index in [9.17, 15) is 14.4 Å². The van der Waals surface area contributed by atoms with E-state index in [-0.39, 0.29) is 5.56 Å². The third-order valence-electron chi connectivity index (χ3n) is 2.83. The van der Waals surface area contributed by atoms with Crippen LogP contribution in [0.3, 0.4) is 0 Å². The minimum absolute atomic E-state index is 0.136. The second-order valence-electron chi connectivity index (χ2n) is 4.59. The molecular formula is C16H12ClN3O4. The normalized spacial score (nSPS) is 10.4. The number of carbonyl (C=O) groups excluding carboxylic acids is 2. The van der Waals surface area contributed by atoms with E-state index >= 15 is 0 Å². The molecule has 2 aromatic carbocycles. The van der Waals surface area contributed by atoms with Crippen molar-refractivity contribution >= 4 is 41.3 Å². The number of hydrogen-bond acceptors (Lipinski definition) is 4. The third-order valence-corrected chi connectivity index (χ3v) is 3.06. The lowest BCUT2D eigenvalue weighted by Gasteiger charge is -2.04. The predicted octanol–water partition coefficient (Wildman–Crippen LogP) is 2.13. The molecule has 0 bridgehead atoms. The molecule has 7 nitrogen and oxygen atoms in total. The molecule has 0 aliphatic heterocycles. The third kappa shape index (κ3) is 4.92. The van der Waals surface area contributed by atoms with Crippen LogP contribution < -0.4 is 10.7 Å². The van der Waals surface area contributed by atoms with Gasteiger partial charge in [0.25, 0.3) is 0 Å². The quantitative estimate of drug-likeness (QED) is 0.448.